The van der Waals surface area contributed by atoms with E-state index in [1.54, 1.807) is 0 Å². The quantitative estimate of drug-likeness (QED) is 0.487. The lowest BCUT2D eigenvalue weighted by Gasteiger charge is -2.21. The average molecular weight is 184 g/mol. The molecule has 2 heteroatoms. The summed E-state index contributed by atoms with van der Waals surface area (Å²) in [6.45, 7) is 11.5. The third kappa shape index (κ3) is 4.71. The maximum absolute atomic E-state index is 11.5. The zero-order valence-electron chi connectivity index (χ0n) is 9.47. The van der Waals surface area contributed by atoms with Crippen LogP contribution in [0.5, 0.6) is 0 Å². The van der Waals surface area contributed by atoms with Crippen molar-refractivity contribution in [2.24, 2.45) is 5.92 Å². The third-order valence-corrected chi connectivity index (χ3v) is 1.57. The summed E-state index contributed by atoms with van der Waals surface area (Å²) in [6, 6.07) is 0. The van der Waals surface area contributed by atoms with Crippen molar-refractivity contribution in [3.05, 3.63) is 11.6 Å². The summed E-state index contributed by atoms with van der Waals surface area (Å²) in [5.41, 5.74) is 0.343. The summed E-state index contributed by atoms with van der Waals surface area (Å²) in [5.74, 6) is 0.0184. The van der Waals surface area contributed by atoms with Gasteiger partial charge in [0.15, 0.2) is 0 Å². The fraction of sp³-hybridized carbons (Fsp3) is 0.727. The van der Waals surface area contributed by atoms with Crippen molar-refractivity contribution in [2.45, 2.75) is 47.1 Å². The lowest BCUT2D eigenvalue weighted by Crippen LogP contribution is -2.26. The second-order valence-electron chi connectivity index (χ2n) is 4.40. The third-order valence-electron chi connectivity index (χ3n) is 1.57. The number of hydrogen-bond acceptors (Lipinski definition) is 2. The number of allylic oxidation sites excluding steroid dienone is 1. The molecule has 0 radical (unpaired) electrons. The van der Waals surface area contributed by atoms with Gasteiger partial charge in [-0.2, -0.15) is 0 Å². The minimum atomic E-state index is -0.403. The van der Waals surface area contributed by atoms with E-state index in [4.69, 9.17) is 4.74 Å². The summed E-state index contributed by atoms with van der Waals surface area (Å²) in [5, 5.41) is 0. The topological polar surface area (TPSA) is 26.3 Å². The SMILES string of the molecule is C/C=C(/C(=O)OC(C)(C)C)C(C)C. The monoisotopic (exact) mass is 184 g/mol. The van der Waals surface area contributed by atoms with Gasteiger partial charge in [-0.25, -0.2) is 4.79 Å². The molecule has 0 unspecified atom stereocenters. The Morgan fingerprint density at radius 2 is 1.77 bits per heavy atom. The van der Waals surface area contributed by atoms with Crippen molar-refractivity contribution in [3.63, 3.8) is 0 Å². The Hall–Kier alpha value is -0.790. The standard InChI is InChI=1S/C11H20O2/c1-7-9(8(2)3)10(12)13-11(4,5)6/h7-8H,1-6H3/b9-7+. The molecule has 0 fully saturated rings. The predicted octanol–water partition coefficient (Wildman–Crippen LogP) is 2.93. The first-order valence-corrected chi connectivity index (χ1v) is 4.67. The second kappa shape index (κ2) is 4.45. The highest BCUT2D eigenvalue weighted by Crippen LogP contribution is 2.16. The molecular weight excluding hydrogens is 164 g/mol. The molecule has 0 bridgehead atoms. The maximum Gasteiger partial charge on any atom is 0.334 e. The van der Waals surface area contributed by atoms with Gasteiger partial charge in [-0.15, -0.1) is 0 Å². The van der Waals surface area contributed by atoms with E-state index in [1.807, 2.05) is 47.6 Å². The van der Waals surface area contributed by atoms with Crippen molar-refractivity contribution in [1.29, 1.82) is 0 Å². The molecule has 0 aliphatic heterocycles. The molecule has 76 valence electrons. The van der Waals surface area contributed by atoms with E-state index < -0.39 is 5.60 Å². The smallest absolute Gasteiger partial charge is 0.334 e. The lowest BCUT2D eigenvalue weighted by atomic mass is 10.0. The van der Waals surface area contributed by atoms with Gasteiger partial charge in [0, 0.05) is 5.57 Å². The summed E-state index contributed by atoms with van der Waals surface area (Å²) in [7, 11) is 0. The van der Waals surface area contributed by atoms with Crippen LogP contribution in [0, 0.1) is 5.92 Å². The molecule has 0 aromatic rings. The first kappa shape index (κ1) is 12.2. The fourth-order valence-corrected chi connectivity index (χ4v) is 1.02. The van der Waals surface area contributed by atoms with Gasteiger partial charge in [-0.3, -0.25) is 0 Å². The number of carbonyl (C=O) groups is 1. The first-order valence-electron chi connectivity index (χ1n) is 4.67. The van der Waals surface area contributed by atoms with Crippen LogP contribution >= 0.6 is 0 Å². The minimum Gasteiger partial charge on any atom is -0.457 e. The van der Waals surface area contributed by atoms with Gasteiger partial charge >= 0.3 is 5.97 Å². The van der Waals surface area contributed by atoms with Gasteiger partial charge in [0.05, 0.1) is 0 Å². The van der Waals surface area contributed by atoms with E-state index >= 15 is 0 Å². The summed E-state index contributed by atoms with van der Waals surface area (Å²) < 4.78 is 5.24. The molecule has 0 aromatic heterocycles. The van der Waals surface area contributed by atoms with Crippen molar-refractivity contribution < 1.29 is 9.53 Å². The average Bonchev–Trinajstić information content (AvgIpc) is 1.82. The Morgan fingerprint density at radius 3 is 2.00 bits per heavy atom. The Kier molecular flexibility index (Phi) is 4.18. The normalized spacial score (nSPS) is 13.3. The zero-order chi connectivity index (χ0) is 10.6. The first-order chi connectivity index (χ1) is 5.78. The molecule has 0 N–H and O–H groups in total. The van der Waals surface area contributed by atoms with E-state index in [9.17, 15) is 4.79 Å². The minimum absolute atomic E-state index is 0.204. The van der Waals surface area contributed by atoms with E-state index in [-0.39, 0.29) is 11.9 Å². The Morgan fingerprint density at radius 1 is 1.31 bits per heavy atom. The molecule has 0 amide bonds. The van der Waals surface area contributed by atoms with Crippen molar-refractivity contribution in [3.8, 4) is 0 Å². The Balaban J connectivity index is 4.43. The highest BCUT2D eigenvalue weighted by Gasteiger charge is 2.20. The number of rotatable bonds is 2. The highest BCUT2D eigenvalue weighted by atomic mass is 16.6. The molecule has 2 nitrogen and oxygen atoms in total. The molecule has 0 atom stereocenters. The number of ether oxygens (including phenoxy) is 1. The molecule has 13 heavy (non-hydrogen) atoms. The zero-order valence-corrected chi connectivity index (χ0v) is 9.47. The molecule has 0 aromatic carbocycles. The molecule has 0 spiro atoms. The van der Waals surface area contributed by atoms with Crippen LogP contribution in [0.25, 0.3) is 0 Å². The van der Waals surface area contributed by atoms with Crippen LogP contribution in [0.2, 0.25) is 0 Å². The van der Waals surface area contributed by atoms with Crippen LogP contribution in [0.1, 0.15) is 41.5 Å². The largest absolute Gasteiger partial charge is 0.457 e. The van der Waals surface area contributed by atoms with Crippen LogP contribution in [-0.2, 0) is 9.53 Å². The molecule has 0 aliphatic rings. The van der Waals surface area contributed by atoms with Gasteiger partial charge in [-0.05, 0) is 33.6 Å². The summed E-state index contributed by atoms with van der Waals surface area (Å²) in [6.07, 6.45) is 1.82. The Labute approximate surface area is 81.0 Å². The number of esters is 1. The summed E-state index contributed by atoms with van der Waals surface area (Å²) in [4.78, 5) is 11.5. The van der Waals surface area contributed by atoms with Crippen LogP contribution in [0.4, 0.5) is 0 Å². The molecular formula is C11H20O2. The highest BCUT2D eigenvalue weighted by molar-refractivity contribution is 5.89. The Bertz CT molecular complexity index is 207. The lowest BCUT2D eigenvalue weighted by molar-refractivity contribution is -0.150. The van der Waals surface area contributed by atoms with Crippen molar-refractivity contribution in [2.75, 3.05) is 0 Å². The molecule has 0 aliphatic carbocycles. The maximum atomic E-state index is 11.5. The molecule has 0 saturated carbocycles. The number of hydrogen-bond donors (Lipinski definition) is 0. The van der Waals surface area contributed by atoms with E-state index in [2.05, 4.69) is 0 Å². The molecule has 0 rings (SSSR count). The van der Waals surface area contributed by atoms with Gasteiger partial charge in [0.25, 0.3) is 0 Å². The van der Waals surface area contributed by atoms with Crippen LogP contribution < -0.4 is 0 Å². The van der Waals surface area contributed by atoms with Crippen LogP contribution in [0.15, 0.2) is 11.6 Å². The van der Waals surface area contributed by atoms with Crippen LogP contribution in [0.3, 0.4) is 0 Å². The van der Waals surface area contributed by atoms with Gasteiger partial charge in [0.1, 0.15) is 5.60 Å². The number of carbonyl (C=O) groups excluding carboxylic acids is 1. The van der Waals surface area contributed by atoms with Gasteiger partial charge in [-0.1, -0.05) is 19.9 Å². The van der Waals surface area contributed by atoms with Gasteiger partial charge in [0.2, 0.25) is 0 Å². The second-order valence-corrected chi connectivity index (χ2v) is 4.40. The van der Waals surface area contributed by atoms with E-state index in [0.29, 0.717) is 0 Å². The van der Waals surface area contributed by atoms with E-state index in [0.717, 1.165) is 5.57 Å². The molecule has 0 saturated heterocycles. The summed E-state index contributed by atoms with van der Waals surface area (Å²) >= 11 is 0. The predicted molar refractivity (Wildman–Crippen MR) is 54.4 cm³/mol. The van der Waals surface area contributed by atoms with Gasteiger partial charge < -0.3 is 4.74 Å². The van der Waals surface area contributed by atoms with E-state index in [1.165, 1.54) is 0 Å². The van der Waals surface area contributed by atoms with Crippen molar-refractivity contribution in [1.82, 2.24) is 0 Å². The van der Waals surface area contributed by atoms with Crippen LogP contribution in [-0.4, -0.2) is 11.6 Å². The van der Waals surface area contributed by atoms with Crippen molar-refractivity contribution >= 4 is 5.97 Å². The fourth-order valence-electron chi connectivity index (χ4n) is 1.02. The molecule has 0 heterocycles.